The Balaban J connectivity index is 1.43. The Labute approximate surface area is 196 Å². The summed E-state index contributed by atoms with van der Waals surface area (Å²) in [5, 5.41) is 0.580. The van der Waals surface area contributed by atoms with Gasteiger partial charge in [-0.2, -0.15) is 0 Å². The van der Waals surface area contributed by atoms with Crippen molar-refractivity contribution in [2.75, 3.05) is 5.73 Å². The summed E-state index contributed by atoms with van der Waals surface area (Å²) in [7, 11) is 0. The Morgan fingerprint density at radius 2 is 1.90 bits per heavy atom. The largest absolute Gasteiger partial charge is 0.384 e. The molecule has 9 heteroatoms. The van der Waals surface area contributed by atoms with Crippen molar-refractivity contribution in [2.24, 2.45) is 11.1 Å². The monoisotopic (exact) mass is 476 g/mol. The van der Waals surface area contributed by atoms with E-state index in [0.29, 0.717) is 22.2 Å². The number of imidazole rings is 1. The van der Waals surface area contributed by atoms with Gasteiger partial charge in [-0.25, -0.2) is 15.0 Å². The number of nitrogens with two attached hydrogens (primary N) is 2. The molecule has 5 rings (SSSR count). The van der Waals surface area contributed by atoms with Gasteiger partial charge in [0.25, 0.3) is 0 Å². The molecule has 3 aromatic rings. The number of pyridine rings is 1. The normalized spacial score (nSPS) is 28.6. The first-order valence-corrected chi connectivity index (χ1v) is 12.3. The lowest BCUT2D eigenvalue weighted by Crippen LogP contribution is -2.50. The van der Waals surface area contributed by atoms with Gasteiger partial charge < -0.3 is 11.5 Å². The molecular weight excluding hydrogens is 451 g/mol. The fourth-order valence-corrected chi connectivity index (χ4v) is 6.99. The van der Waals surface area contributed by atoms with Crippen LogP contribution in [0.4, 0.5) is 5.82 Å². The molecule has 2 aliphatic carbocycles. The lowest BCUT2D eigenvalue weighted by molar-refractivity contribution is 0.0997. The maximum absolute atomic E-state index is 6.71. The molecule has 31 heavy (non-hydrogen) atoms. The van der Waals surface area contributed by atoms with E-state index in [2.05, 4.69) is 21.3 Å². The van der Waals surface area contributed by atoms with Crippen LogP contribution in [0.3, 0.4) is 0 Å². The highest BCUT2D eigenvalue weighted by atomic mass is 35.5. The second-order valence-electron chi connectivity index (χ2n) is 9.18. The first-order valence-electron chi connectivity index (χ1n) is 10.7. The van der Waals surface area contributed by atoms with E-state index in [9.17, 15) is 0 Å². The number of anilines is 1. The van der Waals surface area contributed by atoms with Crippen molar-refractivity contribution in [1.29, 1.82) is 0 Å². The highest BCUT2D eigenvalue weighted by Crippen LogP contribution is 2.56. The number of hydrogen-bond acceptors (Lipinski definition) is 6. The minimum atomic E-state index is -0.0385. The molecule has 0 aromatic carbocycles. The van der Waals surface area contributed by atoms with Crippen LogP contribution in [0.25, 0.3) is 5.65 Å². The Bertz CT molecular complexity index is 1140. The number of rotatable bonds is 3. The van der Waals surface area contributed by atoms with E-state index in [1.807, 2.05) is 18.6 Å². The van der Waals surface area contributed by atoms with Crippen LogP contribution in [-0.2, 0) is 0 Å². The number of halogens is 2. The molecule has 0 amide bonds. The summed E-state index contributed by atoms with van der Waals surface area (Å²) in [6.07, 6.45) is 13.9. The summed E-state index contributed by atoms with van der Waals surface area (Å²) < 4.78 is 2.11. The molecule has 6 nitrogen and oxygen atoms in total. The third kappa shape index (κ3) is 3.59. The molecule has 2 aliphatic rings. The Kier molecular flexibility index (Phi) is 5.36. The summed E-state index contributed by atoms with van der Waals surface area (Å²) in [5.41, 5.74) is 13.7. The standard InChI is InChI=1S/C22H26Cl2N6S/c1-21(26)5-2-6-22(21)7-3-13(4-8-22)19-28-12-15(20-27-9-10-30(19)20)31-14-11-16(25)29-18(24)17(14)23/h9-13H,2-8,26H2,1H3,(H2,25,29). The zero-order chi connectivity index (χ0) is 21.8. The van der Waals surface area contributed by atoms with Crippen molar-refractivity contribution in [3.05, 3.63) is 40.7 Å². The van der Waals surface area contributed by atoms with Crippen molar-refractivity contribution < 1.29 is 0 Å². The SMILES string of the molecule is CC1(N)CCCC12CCC(c1ncc(Sc3cc(N)nc(Cl)c3Cl)c3nccn13)CC2. The highest BCUT2D eigenvalue weighted by Gasteiger charge is 2.50. The summed E-state index contributed by atoms with van der Waals surface area (Å²) >= 11 is 13.9. The molecule has 1 spiro atoms. The van der Waals surface area contributed by atoms with Gasteiger partial charge in [-0.1, -0.05) is 41.4 Å². The van der Waals surface area contributed by atoms with Gasteiger partial charge in [0, 0.05) is 34.9 Å². The third-order valence-corrected chi connectivity index (χ3v) is 9.33. The minimum Gasteiger partial charge on any atom is -0.384 e. The number of nitrogens with zero attached hydrogens (tertiary/aromatic N) is 4. The van der Waals surface area contributed by atoms with Crippen LogP contribution in [0.1, 0.15) is 63.6 Å². The van der Waals surface area contributed by atoms with Crippen molar-refractivity contribution in [1.82, 2.24) is 19.4 Å². The predicted octanol–water partition coefficient (Wildman–Crippen LogP) is 5.71. The van der Waals surface area contributed by atoms with E-state index in [4.69, 9.17) is 39.7 Å². The third-order valence-electron chi connectivity index (χ3n) is 7.42. The van der Waals surface area contributed by atoms with Crippen LogP contribution >= 0.6 is 35.0 Å². The Hall–Kier alpha value is -1.54. The number of fused-ring (bicyclic) bond motifs is 1. The number of hydrogen-bond donors (Lipinski definition) is 2. The van der Waals surface area contributed by atoms with Crippen LogP contribution in [0, 0.1) is 5.41 Å². The van der Waals surface area contributed by atoms with Crippen LogP contribution in [-0.4, -0.2) is 24.9 Å². The highest BCUT2D eigenvalue weighted by molar-refractivity contribution is 7.99. The molecule has 3 aromatic heterocycles. The van der Waals surface area contributed by atoms with E-state index in [1.165, 1.54) is 37.4 Å². The Morgan fingerprint density at radius 3 is 2.61 bits per heavy atom. The van der Waals surface area contributed by atoms with E-state index < -0.39 is 0 Å². The van der Waals surface area contributed by atoms with Gasteiger partial charge in [0.05, 0.1) is 9.92 Å². The minimum absolute atomic E-state index is 0.0385. The van der Waals surface area contributed by atoms with E-state index in [1.54, 1.807) is 6.07 Å². The number of aromatic nitrogens is 4. The Morgan fingerprint density at radius 1 is 1.13 bits per heavy atom. The van der Waals surface area contributed by atoms with Crippen molar-refractivity contribution in [3.8, 4) is 0 Å². The maximum atomic E-state index is 6.71. The van der Waals surface area contributed by atoms with Crippen molar-refractivity contribution in [3.63, 3.8) is 0 Å². The molecule has 3 heterocycles. The molecule has 0 aliphatic heterocycles. The molecule has 0 saturated heterocycles. The summed E-state index contributed by atoms with van der Waals surface area (Å²) in [5.74, 6) is 1.81. The van der Waals surface area contributed by atoms with Crippen molar-refractivity contribution in [2.45, 2.75) is 73.1 Å². The lowest BCUT2D eigenvalue weighted by Gasteiger charge is -2.46. The zero-order valence-electron chi connectivity index (χ0n) is 17.4. The van der Waals surface area contributed by atoms with E-state index in [0.717, 1.165) is 40.5 Å². The smallest absolute Gasteiger partial charge is 0.153 e. The van der Waals surface area contributed by atoms with Crippen LogP contribution < -0.4 is 11.5 Å². The van der Waals surface area contributed by atoms with Gasteiger partial charge in [-0.15, -0.1) is 0 Å². The first kappa shape index (κ1) is 21.3. The molecule has 1 unspecified atom stereocenters. The summed E-state index contributed by atoms with van der Waals surface area (Å²) in [4.78, 5) is 15.1. The topological polar surface area (TPSA) is 95.1 Å². The predicted molar refractivity (Wildman–Crippen MR) is 126 cm³/mol. The second-order valence-corrected chi connectivity index (χ2v) is 11.0. The molecule has 0 bridgehead atoms. The lowest BCUT2D eigenvalue weighted by atomic mass is 9.62. The number of nitrogen functional groups attached to an aromatic ring is 1. The van der Waals surface area contributed by atoms with Gasteiger partial charge in [-0.05, 0) is 56.9 Å². The quantitative estimate of drug-likeness (QED) is 0.469. The van der Waals surface area contributed by atoms with Crippen LogP contribution in [0.5, 0.6) is 0 Å². The zero-order valence-corrected chi connectivity index (χ0v) is 19.8. The van der Waals surface area contributed by atoms with Gasteiger partial charge in [0.1, 0.15) is 11.6 Å². The molecular formula is C22H26Cl2N6S. The summed E-state index contributed by atoms with van der Waals surface area (Å²) in [6, 6.07) is 1.72. The molecule has 2 fully saturated rings. The van der Waals surface area contributed by atoms with Gasteiger partial charge in [0.2, 0.25) is 0 Å². The van der Waals surface area contributed by atoms with Gasteiger partial charge >= 0.3 is 0 Å². The van der Waals surface area contributed by atoms with Gasteiger partial charge in [-0.3, -0.25) is 4.40 Å². The maximum Gasteiger partial charge on any atom is 0.153 e. The second kappa shape index (κ2) is 7.80. The van der Waals surface area contributed by atoms with E-state index in [-0.39, 0.29) is 10.7 Å². The first-order chi connectivity index (χ1) is 14.8. The molecule has 1 atom stereocenters. The molecule has 2 saturated carbocycles. The van der Waals surface area contributed by atoms with Crippen LogP contribution in [0.15, 0.2) is 34.4 Å². The molecule has 0 radical (unpaired) electrons. The average Bonchev–Trinajstić information content (AvgIpc) is 3.32. The van der Waals surface area contributed by atoms with Crippen LogP contribution in [0.2, 0.25) is 10.2 Å². The average molecular weight is 477 g/mol. The van der Waals surface area contributed by atoms with E-state index >= 15 is 0 Å². The fourth-order valence-electron chi connectivity index (χ4n) is 5.57. The van der Waals surface area contributed by atoms with Crippen molar-refractivity contribution >= 4 is 46.4 Å². The molecule has 4 N–H and O–H groups in total. The molecule has 164 valence electrons. The van der Waals surface area contributed by atoms with Gasteiger partial charge in [0.15, 0.2) is 10.8 Å². The summed E-state index contributed by atoms with van der Waals surface area (Å²) in [6.45, 7) is 2.25. The fraction of sp³-hybridized carbons (Fsp3) is 0.500.